The van der Waals surface area contributed by atoms with Gasteiger partial charge in [0.25, 0.3) is 0 Å². The van der Waals surface area contributed by atoms with Crippen LogP contribution in [-0.2, 0) is 0 Å². The first-order chi connectivity index (χ1) is 8.18. The first kappa shape index (κ1) is 11.8. The van der Waals surface area contributed by atoms with E-state index in [-0.39, 0.29) is 5.82 Å². The highest BCUT2D eigenvalue weighted by Gasteiger charge is 2.00. The molecule has 0 saturated heterocycles. The van der Waals surface area contributed by atoms with Gasteiger partial charge in [-0.3, -0.25) is 4.99 Å². The van der Waals surface area contributed by atoms with E-state index in [9.17, 15) is 4.39 Å². The largest absolute Gasteiger partial charge is 0.256 e. The van der Waals surface area contributed by atoms with E-state index in [1.54, 1.807) is 24.3 Å². The van der Waals surface area contributed by atoms with Crippen molar-refractivity contribution in [2.75, 3.05) is 0 Å². The van der Waals surface area contributed by atoms with E-state index in [0.29, 0.717) is 10.6 Å². The Kier molecular flexibility index (Phi) is 3.55. The fraction of sp³-hybridized carbons (Fsp3) is 0.0714. The third-order valence-corrected chi connectivity index (χ3v) is 2.90. The molecule has 86 valence electrons. The maximum atomic E-state index is 13.4. The summed E-state index contributed by atoms with van der Waals surface area (Å²) in [5.74, 6) is -0.282. The van der Waals surface area contributed by atoms with Crippen LogP contribution >= 0.6 is 11.6 Å². The molecule has 0 bridgehead atoms. The minimum absolute atomic E-state index is 0.282. The number of benzene rings is 2. The zero-order valence-electron chi connectivity index (χ0n) is 9.32. The monoisotopic (exact) mass is 247 g/mol. The van der Waals surface area contributed by atoms with Crippen LogP contribution in [-0.4, -0.2) is 6.21 Å². The van der Waals surface area contributed by atoms with E-state index in [2.05, 4.69) is 4.99 Å². The summed E-state index contributed by atoms with van der Waals surface area (Å²) in [5, 5.41) is 0.660. The molecule has 0 aliphatic rings. The zero-order chi connectivity index (χ0) is 12.3. The van der Waals surface area contributed by atoms with Crippen LogP contribution in [0.4, 0.5) is 10.1 Å². The fourth-order valence-electron chi connectivity index (χ4n) is 1.45. The minimum Gasteiger partial charge on any atom is -0.256 e. The minimum atomic E-state index is -0.282. The van der Waals surface area contributed by atoms with Crippen LogP contribution in [0.5, 0.6) is 0 Å². The highest BCUT2D eigenvalue weighted by molar-refractivity contribution is 6.31. The van der Waals surface area contributed by atoms with Crippen LogP contribution in [0.1, 0.15) is 11.1 Å². The Hall–Kier alpha value is -1.67. The average Bonchev–Trinajstić information content (AvgIpc) is 2.33. The molecule has 0 saturated carbocycles. The predicted octanol–water partition coefficient (Wildman–Crippen LogP) is 4.54. The van der Waals surface area contributed by atoms with Crippen LogP contribution in [0.3, 0.4) is 0 Å². The lowest BCUT2D eigenvalue weighted by Crippen LogP contribution is -1.86. The van der Waals surface area contributed by atoms with Gasteiger partial charge in [-0.05, 0) is 30.7 Å². The summed E-state index contributed by atoms with van der Waals surface area (Å²) >= 11 is 5.98. The van der Waals surface area contributed by atoms with Gasteiger partial charge in [0.05, 0.1) is 5.69 Å². The molecule has 0 unspecified atom stereocenters. The van der Waals surface area contributed by atoms with Crippen LogP contribution in [0, 0.1) is 12.7 Å². The summed E-state index contributed by atoms with van der Waals surface area (Å²) in [6.45, 7) is 1.89. The second-order valence-corrected chi connectivity index (χ2v) is 4.07. The first-order valence-electron chi connectivity index (χ1n) is 5.22. The molecule has 0 aliphatic heterocycles. The van der Waals surface area contributed by atoms with E-state index < -0.39 is 0 Å². The van der Waals surface area contributed by atoms with Crippen LogP contribution in [0.2, 0.25) is 5.02 Å². The van der Waals surface area contributed by atoms with Crippen LogP contribution < -0.4 is 0 Å². The molecule has 3 heteroatoms. The van der Waals surface area contributed by atoms with Gasteiger partial charge in [0.15, 0.2) is 0 Å². The molecule has 0 amide bonds. The Morgan fingerprint density at radius 1 is 1.12 bits per heavy atom. The number of rotatable bonds is 2. The lowest BCUT2D eigenvalue weighted by atomic mass is 10.2. The standard InChI is InChI=1S/C14H11ClFN/c1-10-12(15)6-4-8-14(10)17-9-11-5-2-3-7-13(11)16/h2-9H,1H3. The maximum absolute atomic E-state index is 13.4. The number of halogens is 2. The van der Waals surface area contributed by atoms with Crippen molar-refractivity contribution in [3.8, 4) is 0 Å². The molecule has 0 fully saturated rings. The Morgan fingerprint density at radius 3 is 2.65 bits per heavy atom. The van der Waals surface area contributed by atoms with E-state index in [0.717, 1.165) is 11.3 Å². The molecule has 0 spiro atoms. The SMILES string of the molecule is Cc1c(Cl)cccc1N=Cc1ccccc1F. The smallest absolute Gasteiger partial charge is 0.131 e. The average molecular weight is 248 g/mol. The summed E-state index contributed by atoms with van der Waals surface area (Å²) in [5.41, 5.74) is 2.11. The van der Waals surface area contributed by atoms with Crippen molar-refractivity contribution < 1.29 is 4.39 Å². The van der Waals surface area contributed by atoms with Crippen LogP contribution in [0.15, 0.2) is 47.5 Å². The zero-order valence-corrected chi connectivity index (χ0v) is 10.1. The van der Waals surface area contributed by atoms with Gasteiger partial charge >= 0.3 is 0 Å². The molecule has 2 aromatic rings. The molecule has 0 heterocycles. The Bertz CT molecular complexity index is 564. The summed E-state index contributed by atoms with van der Waals surface area (Å²) in [7, 11) is 0. The van der Waals surface area contributed by atoms with Gasteiger partial charge in [0.1, 0.15) is 5.82 Å². The third kappa shape index (κ3) is 2.71. The Morgan fingerprint density at radius 2 is 1.88 bits per heavy atom. The van der Waals surface area contributed by atoms with Gasteiger partial charge in [-0.1, -0.05) is 35.9 Å². The maximum Gasteiger partial charge on any atom is 0.131 e. The fourth-order valence-corrected chi connectivity index (χ4v) is 1.62. The molecule has 0 atom stereocenters. The highest BCUT2D eigenvalue weighted by Crippen LogP contribution is 2.25. The van der Waals surface area contributed by atoms with E-state index >= 15 is 0 Å². The van der Waals surface area contributed by atoms with Gasteiger partial charge in [-0.2, -0.15) is 0 Å². The number of nitrogens with zero attached hydrogens (tertiary/aromatic N) is 1. The molecule has 2 aromatic carbocycles. The summed E-state index contributed by atoms with van der Waals surface area (Å²) in [4.78, 5) is 4.25. The second kappa shape index (κ2) is 5.11. The normalized spacial score (nSPS) is 11.0. The molecule has 0 aromatic heterocycles. The van der Waals surface area contributed by atoms with Crippen molar-refractivity contribution in [3.63, 3.8) is 0 Å². The van der Waals surface area contributed by atoms with Crippen molar-refractivity contribution in [1.82, 2.24) is 0 Å². The van der Waals surface area contributed by atoms with Gasteiger partial charge < -0.3 is 0 Å². The molecule has 1 nitrogen and oxygen atoms in total. The van der Waals surface area contributed by atoms with Crippen molar-refractivity contribution >= 4 is 23.5 Å². The number of hydrogen-bond donors (Lipinski definition) is 0. The van der Waals surface area contributed by atoms with Gasteiger partial charge in [-0.25, -0.2) is 4.39 Å². The number of hydrogen-bond acceptors (Lipinski definition) is 1. The first-order valence-corrected chi connectivity index (χ1v) is 5.60. The lowest BCUT2D eigenvalue weighted by molar-refractivity contribution is 0.626. The molecular weight excluding hydrogens is 237 g/mol. The summed E-state index contributed by atoms with van der Waals surface area (Å²) in [6.07, 6.45) is 1.51. The Balaban J connectivity index is 2.33. The lowest BCUT2D eigenvalue weighted by Gasteiger charge is -2.01. The highest BCUT2D eigenvalue weighted by atomic mass is 35.5. The quantitative estimate of drug-likeness (QED) is 0.691. The van der Waals surface area contributed by atoms with E-state index in [1.807, 2.05) is 19.1 Å². The van der Waals surface area contributed by atoms with Crippen molar-refractivity contribution in [2.24, 2.45) is 4.99 Å². The molecule has 17 heavy (non-hydrogen) atoms. The van der Waals surface area contributed by atoms with Crippen molar-refractivity contribution in [1.29, 1.82) is 0 Å². The third-order valence-electron chi connectivity index (χ3n) is 2.49. The Labute approximate surface area is 105 Å². The van der Waals surface area contributed by atoms with E-state index in [1.165, 1.54) is 12.3 Å². The summed E-state index contributed by atoms with van der Waals surface area (Å²) < 4.78 is 13.4. The number of aliphatic imine (C=N–C) groups is 1. The summed E-state index contributed by atoms with van der Waals surface area (Å²) in [6, 6.07) is 12.0. The topological polar surface area (TPSA) is 12.4 Å². The molecule has 0 N–H and O–H groups in total. The van der Waals surface area contributed by atoms with Gasteiger partial charge in [0, 0.05) is 16.8 Å². The van der Waals surface area contributed by atoms with Gasteiger partial charge in [-0.15, -0.1) is 0 Å². The van der Waals surface area contributed by atoms with E-state index in [4.69, 9.17) is 11.6 Å². The predicted molar refractivity (Wildman–Crippen MR) is 69.8 cm³/mol. The molecule has 2 rings (SSSR count). The van der Waals surface area contributed by atoms with Crippen molar-refractivity contribution in [2.45, 2.75) is 6.92 Å². The van der Waals surface area contributed by atoms with Crippen LogP contribution in [0.25, 0.3) is 0 Å². The van der Waals surface area contributed by atoms with Gasteiger partial charge in [0.2, 0.25) is 0 Å². The second-order valence-electron chi connectivity index (χ2n) is 3.66. The molecule has 0 aliphatic carbocycles. The van der Waals surface area contributed by atoms with Crippen molar-refractivity contribution in [3.05, 3.63) is 64.4 Å². The molecular formula is C14H11ClFN. The molecule has 0 radical (unpaired) electrons.